The number of hydrogen-bond donors (Lipinski definition) is 2. The van der Waals surface area contributed by atoms with E-state index in [0.717, 1.165) is 0 Å². The monoisotopic (exact) mass is 205 g/mol. The van der Waals surface area contributed by atoms with Crippen molar-refractivity contribution < 1.29 is 19.4 Å². The van der Waals surface area contributed by atoms with Crippen LogP contribution in [0.3, 0.4) is 0 Å². The predicted molar refractivity (Wildman–Crippen MR) is 53.0 cm³/mol. The second-order valence-corrected chi connectivity index (χ2v) is 2.46. The molecule has 0 spiro atoms. The summed E-state index contributed by atoms with van der Waals surface area (Å²) < 4.78 is 4.27. The van der Waals surface area contributed by atoms with Gasteiger partial charge in [-0.15, -0.1) is 0 Å². The Morgan fingerprint density at radius 1 is 1.36 bits per heavy atom. The van der Waals surface area contributed by atoms with E-state index in [1.165, 1.54) is 21.0 Å². The van der Waals surface area contributed by atoms with E-state index in [-0.39, 0.29) is 5.78 Å². The lowest BCUT2D eigenvalue weighted by atomic mass is 10.1. The Balaban J connectivity index is 0. The fraction of sp³-hybridized carbons (Fsp3) is 0.778. The van der Waals surface area contributed by atoms with Gasteiger partial charge in [-0.3, -0.25) is 4.79 Å². The summed E-state index contributed by atoms with van der Waals surface area (Å²) in [6.45, 7) is 6.70. The highest BCUT2D eigenvalue weighted by atomic mass is 16.5. The number of ether oxygens (including phenoxy) is 1. The van der Waals surface area contributed by atoms with E-state index in [0.29, 0.717) is 0 Å². The van der Waals surface area contributed by atoms with E-state index >= 15 is 0 Å². The van der Waals surface area contributed by atoms with Crippen LogP contribution in [0, 0.1) is 0 Å². The Labute approximate surface area is 84.4 Å². The van der Waals surface area contributed by atoms with Crippen LogP contribution in [0.2, 0.25) is 0 Å². The Morgan fingerprint density at radius 3 is 2.00 bits per heavy atom. The maximum atomic E-state index is 10.8. The first-order valence-electron chi connectivity index (χ1n) is 4.52. The standard InChI is InChI=1S/C7H13NO4.C2H6/c1-4(9)6(5(2)10)8-7(11)12-3;1-2/h4,6,9H,1-3H3,(H,8,11);1-2H3. The van der Waals surface area contributed by atoms with Gasteiger partial charge in [-0.2, -0.15) is 0 Å². The third kappa shape index (κ3) is 6.42. The van der Waals surface area contributed by atoms with Crippen LogP contribution < -0.4 is 5.32 Å². The van der Waals surface area contributed by atoms with E-state index in [4.69, 9.17) is 5.11 Å². The van der Waals surface area contributed by atoms with Crippen molar-refractivity contribution in [3.63, 3.8) is 0 Å². The fourth-order valence-corrected chi connectivity index (χ4v) is 0.748. The van der Waals surface area contributed by atoms with Gasteiger partial charge in [0.05, 0.1) is 13.2 Å². The Morgan fingerprint density at radius 2 is 1.79 bits per heavy atom. The lowest BCUT2D eigenvalue weighted by Gasteiger charge is -2.17. The quantitative estimate of drug-likeness (QED) is 0.711. The van der Waals surface area contributed by atoms with Gasteiger partial charge in [0.1, 0.15) is 6.04 Å². The summed E-state index contributed by atoms with van der Waals surface area (Å²) in [5, 5.41) is 11.2. The zero-order chi connectivity index (χ0) is 11.7. The molecule has 1 amide bonds. The summed E-state index contributed by atoms with van der Waals surface area (Å²) in [5.41, 5.74) is 0. The van der Waals surface area contributed by atoms with Crippen molar-refractivity contribution in [2.24, 2.45) is 0 Å². The maximum absolute atomic E-state index is 10.8. The van der Waals surface area contributed by atoms with Gasteiger partial charge < -0.3 is 15.2 Å². The number of amides is 1. The molecule has 0 aliphatic rings. The highest BCUT2D eigenvalue weighted by Crippen LogP contribution is 1.94. The SMILES string of the molecule is CC.COC(=O)NC(C(C)=O)C(C)O. The minimum absolute atomic E-state index is 0.310. The molecule has 0 aromatic rings. The van der Waals surface area contributed by atoms with Crippen LogP contribution in [0.25, 0.3) is 0 Å². The molecule has 2 atom stereocenters. The van der Waals surface area contributed by atoms with Crippen molar-refractivity contribution in [1.82, 2.24) is 5.32 Å². The molecule has 0 saturated carbocycles. The minimum atomic E-state index is -0.915. The number of carbonyl (C=O) groups excluding carboxylic acids is 2. The third-order valence-corrected chi connectivity index (χ3v) is 1.38. The zero-order valence-electron chi connectivity index (χ0n) is 9.33. The molecular weight excluding hydrogens is 186 g/mol. The van der Waals surface area contributed by atoms with Crippen molar-refractivity contribution >= 4 is 11.9 Å². The molecule has 0 rings (SSSR count). The van der Waals surface area contributed by atoms with Gasteiger partial charge in [0, 0.05) is 0 Å². The molecule has 0 aromatic carbocycles. The topological polar surface area (TPSA) is 75.6 Å². The molecule has 2 N–H and O–H groups in total. The van der Waals surface area contributed by atoms with Crippen molar-refractivity contribution in [2.45, 2.75) is 39.8 Å². The lowest BCUT2D eigenvalue weighted by Crippen LogP contribution is -2.46. The highest BCUT2D eigenvalue weighted by molar-refractivity contribution is 5.85. The van der Waals surface area contributed by atoms with Crippen molar-refractivity contribution in [3.8, 4) is 0 Å². The first kappa shape index (κ1) is 15.4. The number of ketones is 1. The number of carbonyl (C=O) groups is 2. The Bertz CT molecular complexity index is 180. The van der Waals surface area contributed by atoms with Gasteiger partial charge in [0.25, 0.3) is 0 Å². The van der Waals surface area contributed by atoms with Gasteiger partial charge in [-0.1, -0.05) is 13.8 Å². The number of aliphatic hydroxyl groups excluding tert-OH is 1. The molecule has 14 heavy (non-hydrogen) atoms. The van der Waals surface area contributed by atoms with Crippen LogP contribution in [-0.4, -0.2) is 36.2 Å². The van der Waals surface area contributed by atoms with E-state index in [1.807, 2.05) is 13.8 Å². The van der Waals surface area contributed by atoms with Crippen LogP contribution in [0.5, 0.6) is 0 Å². The average Bonchev–Trinajstić information content (AvgIpc) is 2.15. The summed E-state index contributed by atoms with van der Waals surface area (Å²) in [7, 11) is 1.19. The molecule has 0 heterocycles. The summed E-state index contributed by atoms with van der Waals surface area (Å²) >= 11 is 0. The number of methoxy groups -OCH3 is 1. The third-order valence-electron chi connectivity index (χ3n) is 1.38. The van der Waals surface area contributed by atoms with Crippen LogP contribution in [-0.2, 0) is 9.53 Å². The Kier molecular flexibility index (Phi) is 9.33. The van der Waals surface area contributed by atoms with Gasteiger partial charge >= 0.3 is 6.09 Å². The van der Waals surface area contributed by atoms with E-state index in [2.05, 4.69) is 10.1 Å². The van der Waals surface area contributed by atoms with Crippen LogP contribution >= 0.6 is 0 Å². The minimum Gasteiger partial charge on any atom is -0.453 e. The number of Topliss-reactive ketones (excluding diaryl/α,β-unsaturated/α-hetero) is 1. The molecule has 84 valence electrons. The average molecular weight is 205 g/mol. The molecule has 5 nitrogen and oxygen atoms in total. The molecule has 0 saturated heterocycles. The van der Waals surface area contributed by atoms with E-state index in [1.54, 1.807) is 0 Å². The van der Waals surface area contributed by atoms with Gasteiger partial charge in [0.2, 0.25) is 0 Å². The maximum Gasteiger partial charge on any atom is 0.407 e. The predicted octanol–water partition coefficient (Wildman–Crippen LogP) is 0.707. The molecule has 0 aromatic heterocycles. The number of aliphatic hydroxyl groups is 1. The number of rotatable bonds is 3. The first-order valence-corrected chi connectivity index (χ1v) is 4.52. The summed E-state index contributed by atoms with van der Waals surface area (Å²) in [4.78, 5) is 21.4. The molecular formula is C9H19NO4. The van der Waals surface area contributed by atoms with Gasteiger partial charge in [-0.05, 0) is 13.8 Å². The molecule has 0 radical (unpaired) electrons. The molecule has 2 unspecified atom stereocenters. The summed E-state index contributed by atoms with van der Waals surface area (Å²) in [5.74, 6) is -0.310. The van der Waals surface area contributed by atoms with Crippen LogP contribution in [0.4, 0.5) is 4.79 Å². The normalized spacial score (nSPS) is 13.0. The Hall–Kier alpha value is -1.10. The smallest absolute Gasteiger partial charge is 0.407 e. The fourth-order valence-electron chi connectivity index (χ4n) is 0.748. The molecule has 0 aliphatic carbocycles. The van der Waals surface area contributed by atoms with Gasteiger partial charge in [-0.25, -0.2) is 4.79 Å². The van der Waals surface area contributed by atoms with Crippen molar-refractivity contribution in [3.05, 3.63) is 0 Å². The number of alkyl carbamates (subject to hydrolysis) is 1. The second-order valence-electron chi connectivity index (χ2n) is 2.46. The van der Waals surface area contributed by atoms with E-state index in [9.17, 15) is 9.59 Å². The van der Waals surface area contributed by atoms with Crippen molar-refractivity contribution in [1.29, 1.82) is 0 Å². The highest BCUT2D eigenvalue weighted by Gasteiger charge is 2.21. The zero-order valence-corrected chi connectivity index (χ0v) is 9.33. The van der Waals surface area contributed by atoms with Crippen molar-refractivity contribution in [2.75, 3.05) is 7.11 Å². The molecule has 0 bridgehead atoms. The summed E-state index contributed by atoms with van der Waals surface area (Å²) in [6, 6.07) is -0.891. The van der Waals surface area contributed by atoms with Crippen LogP contribution in [0.15, 0.2) is 0 Å². The first-order chi connectivity index (χ1) is 6.49. The molecule has 0 aliphatic heterocycles. The second kappa shape index (κ2) is 8.50. The van der Waals surface area contributed by atoms with Gasteiger partial charge in [0.15, 0.2) is 5.78 Å². The molecule has 0 fully saturated rings. The number of nitrogens with one attached hydrogen (secondary N) is 1. The van der Waals surface area contributed by atoms with Crippen LogP contribution in [0.1, 0.15) is 27.7 Å². The number of hydrogen-bond acceptors (Lipinski definition) is 4. The molecule has 5 heteroatoms. The largest absolute Gasteiger partial charge is 0.453 e. The summed E-state index contributed by atoms with van der Waals surface area (Å²) in [6.07, 6.45) is -1.64. The van der Waals surface area contributed by atoms with E-state index < -0.39 is 18.2 Å². The lowest BCUT2D eigenvalue weighted by molar-refractivity contribution is -0.121.